The van der Waals surface area contributed by atoms with Crippen LogP contribution in [0.15, 0.2) is 18.2 Å². The van der Waals surface area contributed by atoms with Gasteiger partial charge in [0, 0.05) is 19.6 Å². The largest absolute Gasteiger partial charge is 0.372 e. The van der Waals surface area contributed by atoms with Crippen LogP contribution in [0.5, 0.6) is 0 Å². The Labute approximate surface area is 110 Å². The van der Waals surface area contributed by atoms with E-state index >= 15 is 0 Å². The van der Waals surface area contributed by atoms with Gasteiger partial charge >= 0.3 is 0 Å². The fraction of sp³-hybridized carbons (Fsp3) is 0.533. The lowest BCUT2D eigenvalue weighted by atomic mass is 10.1. The number of benzene rings is 1. The Morgan fingerprint density at radius 2 is 2.28 bits per heavy atom. The van der Waals surface area contributed by atoms with E-state index in [-0.39, 0.29) is 0 Å². The number of likely N-dealkylation sites (N-methyl/N-ethyl adjacent to an activating group) is 2. The SMILES string of the molecule is Cc1ccc(C#N)c(N(C)CC2CCCN2C)c1. The molecule has 1 unspecified atom stereocenters. The van der Waals surface area contributed by atoms with Crippen molar-refractivity contribution in [2.75, 3.05) is 32.1 Å². The van der Waals surface area contributed by atoms with Gasteiger partial charge in [-0.2, -0.15) is 5.26 Å². The second-order valence-electron chi connectivity index (χ2n) is 5.29. The standard InChI is InChI=1S/C15H21N3/c1-12-6-7-13(10-16)15(9-12)18(3)11-14-5-4-8-17(14)2/h6-7,9,14H,4-5,8,11H2,1-3H3. The Kier molecular flexibility index (Phi) is 3.88. The van der Waals surface area contributed by atoms with Gasteiger partial charge in [0.25, 0.3) is 0 Å². The zero-order valence-corrected chi connectivity index (χ0v) is 11.5. The summed E-state index contributed by atoms with van der Waals surface area (Å²) in [6, 6.07) is 8.92. The van der Waals surface area contributed by atoms with Crippen LogP contribution in [0, 0.1) is 18.3 Å². The molecule has 1 aromatic carbocycles. The number of likely N-dealkylation sites (tertiary alicyclic amines) is 1. The summed E-state index contributed by atoms with van der Waals surface area (Å²) >= 11 is 0. The molecule has 0 amide bonds. The molecular weight excluding hydrogens is 222 g/mol. The molecule has 1 heterocycles. The van der Waals surface area contributed by atoms with Crippen molar-refractivity contribution < 1.29 is 0 Å². The maximum Gasteiger partial charge on any atom is 0.101 e. The Morgan fingerprint density at radius 1 is 1.50 bits per heavy atom. The lowest BCUT2D eigenvalue weighted by Gasteiger charge is -2.28. The molecule has 96 valence electrons. The van der Waals surface area contributed by atoms with Crippen LogP contribution in [0.25, 0.3) is 0 Å². The van der Waals surface area contributed by atoms with E-state index in [1.807, 2.05) is 12.1 Å². The van der Waals surface area contributed by atoms with Crippen LogP contribution in [0.3, 0.4) is 0 Å². The van der Waals surface area contributed by atoms with Crippen molar-refractivity contribution in [3.8, 4) is 6.07 Å². The maximum atomic E-state index is 9.18. The van der Waals surface area contributed by atoms with Crippen molar-refractivity contribution in [3.05, 3.63) is 29.3 Å². The van der Waals surface area contributed by atoms with Crippen molar-refractivity contribution in [3.63, 3.8) is 0 Å². The molecule has 0 aromatic heterocycles. The third kappa shape index (κ3) is 2.65. The zero-order chi connectivity index (χ0) is 13.1. The van der Waals surface area contributed by atoms with Crippen LogP contribution in [0.2, 0.25) is 0 Å². The zero-order valence-electron chi connectivity index (χ0n) is 11.5. The maximum absolute atomic E-state index is 9.18. The highest BCUT2D eigenvalue weighted by Gasteiger charge is 2.22. The first-order chi connectivity index (χ1) is 8.61. The van der Waals surface area contributed by atoms with E-state index in [0.717, 1.165) is 17.8 Å². The van der Waals surface area contributed by atoms with Crippen LogP contribution < -0.4 is 4.90 Å². The molecule has 1 aliphatic heterocycles. The minimum Gasteiger partial charge on any atom is -0.372 e. The van der Waals surface area contributed by atoms with Gasteiger partial charge in [0.2, 0.25) is 0 Å². The third-order valence-corrected chi connectivity index (χ3v) is 3.84. The average Bonchev–Trinajstić information content (AvgIpc) is 2.75. The van der Waals surface area contributed by atoms with Gasteiger partial charge in [-0.3, -0.25) is 0 Å². The summed E-state index contributed by atoms with van der Waals surface area (Å²) in [6.45, 7) is 4.26. The van der Waals surface area contributed by atoms with Crippen molar-refractivity contribution >= 4 is 5.69 Å². The van der Waals surface area contributed by atoms with Gasteiger partial charge in [0.15, 0.2) is 0 Å². The molecule has 1 atom stereocenters. The molecule has 0 saturated carbocycles. The molecule has 1 fully saturated rings. The van der Waals surface area contributed by atoms with Gasteiger partial charge in [-0.1, -0.05) is 6.07 Å². The highest BCUT2D eigenvalue weighted by molar-refractivity contribution is 5.60. The molecule has 1 aliphatic rings. The fourth-order valence-electron chi connectivity index (χ4n) is 2.68. The minimum atomic E-state index is 0.613. The average molecular weight is 243 g/mol. The molecule has 3 heteroatoms. The number of nitrogens with zero attached hydrogens (tertiary/aromatic N) is 3. The van der Waals surface area contributed by atoms with Crippen molar-refractivity contribution in [2.24, 2.45) is 0 Å². The number of anilines is 1. The molecule has 18 heavy (non-hydrogen) atoms. The summed E-state index contributed by atoms with van der Waals surface area (Å²) in [6.07, 6.45) is 2.54. The van der Waals surface area contributed by atoms with Gasteiger partial charge < -0.3 is 9.80 Å². The van der Waals surface area contributed by atoms with Gasteiger partial charge in [-0.05, 0) is 51.1 Å². The number of hydrogen-bond acceptors (Lipinski definition) is 3. The first kappa shape index (κ1) is 12.9. The molecule has 0 aliphatic carbocycles. The van der Waals surface area contributed by atoms with Crippen LogP contribution in [-0.2, 0) is 0 Å². The van der Waals surface area contributed by atoms with E-state index in [4.69, 9.17) is 0 Å². The predicted molar refractivity (Wildman–Crippen MR) is 74.8 cm³/mol. The van der Waals surface area contributed by atoms with E-state index in [1.165, 1.54) is 24.9 Å². The van der Waals surface area contributed by atoms with E-state index in [2.05, 4.69) is 43.0 Å². The smallest absolute Gasteiger partial charge is 0.101 e. The topological polar surface area (TPSA) is 30.3 Å². The molecule has 0 N–H and O–H groups in total. The van der Waals surface area contributed by atoms with Gasteiger partial charge in [0.1, 0.15) is 6.07 Å². The van der Waals surface area contributed by atoms with E-state index in [1.54, 1.807) is 0 Å². The van der Waals surface area contributed by atoms with Crippen LogP contribution >= 0.6 is 0 Å². The second kappa shape index (κ2) is 5.41. The lowest BCUT2D eigenvalue weighted by Crippen LogP contribution is -2.36. The summed E-state index contributed by atoms with van der Waals surface area (Å²) < 4.78 is 0. The lowest BCUT2D eigenvalue weighted by molar-refractivity contribution is 0.314. The van der Waals surface area contributed by atoms with Crippen molar-refractivity contribution in [1.82, 2.24) is 4.90 Å². The van der Waals surface area contributed by atoms with E-state index < -0.39 is 0 Å². The molecule has 0 spiro atoms. The monoisotopic (exact) mass is 243 g/mol. The highest BCUT2D eigenvalue weighted by Crippen LogP contribution is 2.23. The summed E-state index contributed by atoms with van der Waals surface area (Å²) in [5.74, 6) is 0. The summed E-state index contributed by atoms with van der Waals surface area (Å²) in [5.41, 5.74) is 3.03. The quantitative estimate of drug-likeness (QED) is 0.816. The number of aryl methyl sites for hydroxylation is 1. The first-order valence-corrected chi connectivity index (χ1v) is 6.54. The summed E-state index contributed by atoms with van der Waals surface area (Å²) in [5, 5.41) is 9.18. The van der Waals surface area contributed by atoms with Crippen LogP contribution in [-0.4, -0.2) is 38.1 Å². The Bertz CT molecular complexity index is 461. The highest BCUT2D eigenvalue weighted by atomic mass is 15.2. The van der Waals surface area contributed by atoms with Gasteiger partial charge in [0.05, 0.1) is 11.3 Å². The van der Waals surface area contributed by atoms with Crippen LogP contribution in [0.1, 0.15) is 24.0 Å². The van der Waals surface area contributed by atoms with Gasteiger partial charge in [-0.15, -0.1) is 0 Å². The molecule has 0 radical (unpaired) electrons. The number of nitriles is 1. The summed E-state index contributed by atoms with van der Waals surface area (Å²) in [7, 11) is 4.27. The predicted octanol–water partition coefficient (Wildman–Crippen LogP) is 2.40. The molecule has 2 rings (SSSR count). The second-order valence-corrected chi connectivity index (χ2v) is 5.29. The normalized spacial score (nSPS) is 19.8. The Balaban J connectivity index is 2.15. The first-order valence-electron chi connectivity index (χ1n) is 6.54. The number of hydrogen-bond donors (Lipinski definition) is 0. The molecule has 1 saturated heterocycles. The molecular formula is C15H21N3. The fourth-order valence-corrected chi connectivity index (χ4v) is 2.68. The van der Waals surface area contributed by atoms with E-state index in [9.17, 15) is 5.26 Å². The van der Waals surface area contributed by atoms with Gasteiger partial charge in [-0.25, -0.2) is 0 Å². The number of rotatable bonds is 3. The van der Waals surface area contributed by atoms with E-state index in [0.29, 0.717) is 6.04 Å². The molecule has 1 aromatic rings. The Morgan fingerprint density at radius 3 is 2.89 bits per heavy atom. The minimum absolute atomic E-state index is 0.613. The van der Waals surface area contributed by atoms with Crippen LogP contribution in [0.4, 0.5) is 5.69 Å². The molecule has 3 nitrogen and oxygen atoms in total. The summed E-state index contributed by atoms with van der Waals surface area (Å²) in [4.78, 5) is 4.64. The van der Waals surface area contributed by atoms with Crippen molar-refractivity contribution in [1.29, 1.82) is 5.26 Å². The third-order valence-electron chi connectivity index (χ3n) is 3.84. The van der Waals surface area contributed by atoms with Crippen molar-refractivity contribution in [2.45, 2.75) is 25.8 Å². The Hall–Kier alpha value is -1.53. The molecule has 0 bridgehead atoms.